The van der Waals surface area contributed by atoms with Crippen LogP contribution in [0.15, 0.2) is 84.6 Å². The van der Waals surface area contributed by atoms with Gasteiger partial charge in [-0.05, 0) is 42.8 Å². The average molecular weight is 425 g/mol. The molecule has 4 rings (SSSR count). The Kier molecular flexibility index (Phi) is 5.68. The van der Waals surface area contributed by atoms with Crippen LogP contribution in [0.4, 0.5) is 0 Å². The van der Waals surface area contributed by atoms with E-state index in [1.54, 1.807) is 60.7 Å². The second-order valence-corrected chi connectivity index (χ2v) is 7.20. The fourth-order valence-electron chi connectivity index (χ4n) is 3.24. The molecule has 0 saturated heterocycles. The summed E-state index contributed by atoms with van der Waals surface area (Å²) >= 11 is 0. The summed E-state index contributed by atoms with van der Waals surface area (Å²) in [6.07, 6.45) is 3.00. The summed E-state index contributed by atoms with van der Waals surface area (Å²) in [5.74, 6) is -0.365. The number of benzene rings is 3. The molecule has 0 amide bonds. The molecule has 3 aromatic carbocycles. The predicted octanol–water partition coefficient (Wildman–Crippen LogP) is 5.45. The highest BCUT2D eigenvalue weighted by atomic mass is 16.5. The third-order valence-electron chi connectivity index (χ3n) is 4.90. The lowest BCUT2D eigenvalue weighted by atomic mass is 10.0. The fraction of sp³-hybridized carbons (Fsp3) is 0.0385. The number of aliphatic carboxylic acids is 1. The Hall–Kier alpha value is -4.45. The van der Waals surface area contributed by atoms with Gasteiger partial charge in [0, 0.05) is 28.8 Å². The van der Waals surface area contributed by atoms with Crippen LogP contribution in [0, 0.1) is 0 Å². The lowest BCUT2D eigenvalue weighted by Gasteiger charge is -2.14. The third-order valence-corrected chi connectivity index (χ3v) is 4.90. The normalized spacial score (nSPS) is 11.3. The molecule has 1 heterocycles. The van der Waals surface area contributed by atoms with Crippen LogP contribution in [0.3, 0.4) is 0 Å². The highest BCUT2D eigenvalue weighted by molar-refractivity contribution is 6.13. The SMILES string of the molecule is C/C(=C\c1ccc(Oc2c(C(=O)c3ccccc3)cnc3cc(O)ccc23)cc1)C(=O)O. The van der Waals surface area contributed by atoms with Crippen LogP contribution in [0.5, 0.6) is 17.2 Å². The second-order valence-electron chi connectivity index (χ2n) is 7.20. The summed E-state index contributed by atoms with van der Waals surface area (Å²) in [6, 6.07) is 20.4. The number of aromatic hydroxyl groups is 1. The number of pyridine rings is 1. The Labute approximate surface area is 184 Å². The van der Waals surface area contributed by atoms with Crippen LogP contribution < -0.4 is 4.74 Å². The summed E-state index contributed by atoms with van der Waals surface area (Å²) in [6.45, 7) is 1.52. The van der Waals surface area contributed by atoms with E-state index in [2.05, 4.69) is 4.98 Å². The number of aromatic nitrogens is 1. The van der Waals surface area contributed by atoms with E-state index in [1.165, 1.54) is 25.3 Å². The number of ketones is 1. The van der Waals surface area contributed by atoms with Crippen molar-refractivity contribution in [2.75, 3.05) is 0 Å². The molecular formula is C26H19NO5. The molecule has 0 unspecified atom stereocenters. The molecule has 6 nitrogen and oxygen atoms in total. The summed E-state index contributed by atoms with van der Waals surface area (Å²) in [4.78, 5) is 28.5. The van der Waals surface area contributed by atoms with Crippen molar-refractivity contribution in [2.45, 2.75) is 6.92 Å². The van der Waals surface area contributed by atoms with E-state index >= 15 is 0 Å². The topological polar surface area (TPSA) is 96.7 Å². The van der Waals surface area contributed by atoms with E-state index in [0.717, 1.165) is 0 Å². The number of carbonyl (C=O) groups is 2. The molecule has 1 aromatic heterocycles. The highest BCUT2D eigenvalue weighted by Gasteiger charge is 2.19. The van der Waals surface area contributed by atoms with Gasteiger partial charge in [0.25, 0.3) is 0 Å². The van der Waals surface area contributed by atoms with Crippen molar-refractivity contribution < 1.29 is 24.5 Å². The molecule has 6 heteroatoms. The summed E-state index contributed by atoms with van der Waals surface area (Å²) in [5, 5.41) is 19.4. The summed E-state index contributed by atoms with van der Waals surface area (Å²) < 4.78 is 6.13. The minimum Gasteiger partial charge on any atom is -0.508 e. The molecule has 32 heavy (non-hydrogen) atoms. The van der Waals surface area contributed by atoms with Crippen LogP contribution >= 0.6 is 0 Å². The van der Waals surface area contributed by atoms with Gasteiger partial charge < -0.3 is 14.9 Å². The second kappa shape index (κ2) is 8.73. The first kappa shape index (κ1) is 20.8. The number of hydrogen-bond donors (Lipinski definition) is 2. The van der Waals surface area contributed by atoms with Crippen molar-refractivity contribution in [3.8, 4) is 17.2 Å². The number of carboxylic acid groups (broad SMARTS) is 1. The molecule has 0 aliphatic carbocycles. The van der Waals surface area contributed by atoms with Gasteiger partial charge in [-0.2, -0.15) is 0 Å². The maximum atomic E-state index is 13.2. The molecule has 0 fully saturated rings. The van der Waals surface area contributed by atoms with Gasteiger partial charge in [0.15, 0.2) is 5.78 Å². The lowest BCUT2D eigenvalue weighted by Crippen LogP contribution is -2.05. The molecule has 0 saturated carbocycles. The van der Waals surface area contributed by atoms with Crippen LogP contribution in [0.1, 0.15) is 28.4 Å². The average Bonchev–Trinajstić information content (AvgIpc) is 2.80. The summed E-state index contributed by atoms with van der Waals surface area (Å²) in [5.41, 5.74) is 2.21. The number of fused-ring (bicyclic) bond motifs is 1. The van der Waals surface area contributed by atoms with E-state index in [-0.39, 0.29) is 17.1 Å². The first-order valence-corrected chi connectivity index (χ1v) is 9.83. The van der Waals surface area contributed by atoms with Crippen LogP contribution in [0.25, 0.3) is 17.0 Å². The van der Waals surface area contributed by atoms with E-state index in [0.29, 0.717) is 39.1 Å². The number of carboxylic acids is 1. The Morgan fingerprint density at radius 3 is 2.38 bits per heavy atom. The molecular weight excluding hydrogens is 406 g/mol. The smallest absolute Gasteiger partial charge is 0.331 e. The molecule has 0 aliphatic heterocycles. The Morgan fingerprint density at radius 1 is 0.969 bits per heavy atom. The largest absolute Gasteiger partial charge is 0.508 e. The first-order valence-electron chi connectivity index (χ1n) is 9.83. The molecule has 4 aromatic rings. The van der Waals surface area contributed by atoms with Crippen LogP contribution in [-0.2, 0) is 4.79 Å². The number of hydrogen-bond acceptors (Lipinski definition) is 5. The first-order chi connectivity index (χ1) is 15.4. The number of ether oxygens (including phenoxy) is 1. The Balaban J connectivity index is 1.77. The number of phenolic OH excluding ortho intramolecular Hbond substituents is 1. The Bertz CT molecular complexity index is 1340. The molecule has 0 radical (unpaired) electrons. The maximum Gasteiger partial charge on any atom is 0.331 e. The third kappa shape index (κ3) is 4.34. The van der Waals surface area contributed by atoms with E-state index in [9.17, 15) is 14.7 Å². The highest BCUT2D eigenvalue weighted by Crippen LogP contribution is 2.35. The van der Waals surface area contributed by atoms with Gasteiger partial charge >= 0.3 is 5.97 Å². The van der Waals surface area contributed by atoms with Crippen molar-refractivity contribution in [3.05, 3.63) is 101 Å². The standard InChI is InChI=1S/C26H19NO5/c1-16(26(30)31)13-17-7-10-20(11-8-17)32-25-21-12-9-19(28)14-23(21)27-15-22(25)24(29)18-5-3-2-4-6-18/h2-15,28H,1H3,(H,30,31)/b16-13+. The van der Waals surface area contributed by atoms with Gasteiger partial charge in [-0.3, -0.25) is 9.78 Å². The predicted molar refractivity (Wildman–Crippen MR) is 121 cm³/mol. The Morgan fingerprint density at radius 2 is 1.69 bits per heavy atom. The van der Waals surface area contributed by atoms with E-state index < -0.39 is 5.97 Å². The van der Waals surface area contributed by atoms with Gasteiger partial charge in [-0.1, -0.05) is 42.5 Å². The van der Waals surface area contributed by atoms with Gasteiger partial charge in [-0.15, -0.1) is 0 Å². The van der Waals surface area contributed by atoms with Gasteiger partial charge in [0.2, 0.25) is 0 Å². The number of rotatable bonds is 6. The van der Waals surface area contributed by atoms with Crippen LogP contribution in [-0.4, -0.2) is 26.9 Å². The van der Waals surface area contributed by atoms with Gasteiger partial charge in [-0.25, -0.2) is 4.79 Å². The molecule has 2 N–H and O–H groups in total. The van der Waals surface area contributed by atoms with Crippen molar-refractivity contribution in [3.63, 3.8) is 0 Å². The van der Waals surface area contributed by atoms with E-state index in [4.69, 9.17) is 9.84 Å². The quantitative estimate of drug-likeness (QED) is 0.315. The molecule has 0 bridgehead atoms. The van der Waals surface area contributed by atoms with Crippen molar-refractivity contribution in [1.29, 1.82) is 0 Å². The minimum absolute atomic E-state index is 0.0584. The summed E-state index contributed by atoms with van der Waals surface area (Å²) in [7, 11) is 0. The molecule has 0 aliphatic rings. The number of carbonyl (C=O) groups excluding carboxylic acids is 1. The minimum atomic E-state index is -0.985. The lowest BCUT2D eigenvalue weighted by molar-refractivity contribution is -0.132. The fourth-order valence-corrected chi connectivity index (χ4v) is 3.24. The van der Waals surface area contributed by atoms with Gasteiger partial charge in [0.05, 0.1) is 11.1 Å². The zero-order chi connectivity index (χ0) is 22.7. The zero-order valence-corrected chi connectivity index (χ0v) is 17.1. The molecule has 0 atom stereocenters. The van der Waals surface area contributed by atoms with Crippen molar-refractivity contribution in [2.24, 2.45) is 0 Å². The van der Waals surface area contributed by atoms with Gasteiger partial charge in [0.1, 0.15) is 17.2 Å². The number of nitrogens with zero attached hydrogens (tertiary/aromatic N) is 1. The van der Waals surface area contributed by atoms with Crippen LogP contribution in [0.2, 0.25) is 0 Å². The molecule has 0 spiro atoms. The monoisotopic (exact) mass is 425 g/mol. The molecule has 158 valence electrons. The zero-order valence-electron chi connectivity index (χ0n) is 17.1. The van der Waals surface area contributed by atoms with Crippen molar-refractivity contribution >= 4 is 28.7 Å². The van der Waals surface area contributed by atoms with E-state index in [1.807, 2.05) is 6.07 Å². The maximum absolute atomic E-state index is 13.2. The number of phenols is 1. The van der Waals surface area contributed by atoms with Crippen molar-refractivity contribution in [1.82, 2.24) is 4.98 Å².